The van der Waals surface area contributed by atoms with Crippen molar-refractivity contribution in [3.8, 4) is 0 Å². The summed E-state index contributed by atoms with van der Waals surface area (Å²) >= 11 is 0. The lowest BCUT2D eigenvalue weighted by atomic mass is 10.2. The molecular formula is C12H24O4Si. The van der Waals surface area contributed by atoms with Gasteiger partial charge in [0.15, 0.2) is 8.32 Å². The normalized spacial score (nSPS) is 12.8. The maximum Gasteiger partial charge on any atom is 0.508 e. The summed E-state index contributed by atoms with van der Waals surface area (Å²) < 4.78 is 14.9. The van der Waals surface area contributed by atoms with Crippen LogP contribution in [-0.4, -0.2) is 34.8 Å². The third kappa shape index (κ3) is 6.48. The van der Waals surface area contributed by atoms with Gasteiger partial charge in [-0.2, -0.15) is 0 Å². The Bertz CT molecular complexity index is 266. The molecule has 4 nitrogen and oxygen atoms in total. The largest absolute Gasteiger partial charge is 0.508 e. The van der Waals surface area contributed by atoms with Gasteiger partial charge in [-0.1, -0.05) is 26.8 Å². The van der Waals surface area contributed by atoms with Crippen LogP contribution in [0.5, 0.6) is 0 Å². The Morgan fingerprint density at radius 2 is 1.71 bits per heavy atom. The van der Waals surface area contributed by atoms with E-state index in [1.165, 1.54) is 7.11 Å². The van der Waals surface area contributed by atoms with Gasteiger partial charge < -0.3 is 13.9 Å². The average molecular weight is 260 g/mol. The number of methoxy groups -OCH3 is 1. The van der Waals surface area contributed by atoms with Crippen LogP contribution >= 0.6 is 0 Å². The fourth-order valence-electron chi connectivity index (χ4n) is 0.784. The Morgan fingerprint density at radius 3 is 2.18 bits per heavy atom. The smallest absolute Gasteiger partial charge is 0.438 e. The lowest BCUT2D eigenvalue weighted by Crippen LogP contribution is -2.40. The van der Waals surface area contributed by atoms with Gasteiger partial charge in [0.05, 0.1) is 13.7 Å². The van der Waals surface area contributed by atoms with Crippen LogP contribution in [0.15, 0.2) is 12.2 Å². The number of rotatable bonds is 5. The van der Waals surface area contributed by atoms with Crippen molar-refractivity contribution in [2.24, 2.45) is 0 Å². The summed E-state index contributed by atoms with van der Waals surface area (Å²) in [6.07, 6.45) is 2.95. The zero-order chi connectivity index (χ0) is 13.5. The van der Waals surface area contributed by atoms with Gasteiger partial charge in [0, 0.05) is 0 Å². The molecule has 0 atom stereocenters. The molecule has 0 radical (unpaired) electrons. The van der Waals surface area contributed by atoms with Gasteiger partial charge in [0.2, 0.25) is 0 Å². The summed E-state index contributed by atoms with van der Waals surface area (Å²) in [5.74, 6) is 0. The molecule has 100 valence electrons. The molecule has 0 saturated heterocycles. The van der Waals surface area contributed by atoms with E-state index in [1.807, 2.05) is 6.08 Å². The lowest BCUT2D eigenvalue weighted by molar-refractivity contribution is 0.0817. The van der Waals surface area contributed by atoms with Crippen LogP contribution < -0.4 is 0 Å². The van der Waals surface area contributed by atoms with Gasteiger partial charge in [0.25, 0.3) is 0 Å². The summed E-state index contributed by atoms with van der Waals surface area (Å²) in [7, 11) is -0.393. The molecule has 0 spiro atoms. The summed E-state index contributed by atoms with van der Waals surface area (Å²) in [4.78, 5) is 10.6. The molecule has 17 heavy (non-hydrogen) atoms. The highest BCUT2D eigenvalue weighted by Crippen LogP contribution is 2.36. The van der Waals surface area contributed by atoms with Gasteiger partial charge >= 0.3 is 6.16 Å². The van der Waals surface area contributed by atoms with E-state index >= 15 is 0 Å². The Labute approximate surface area is 105 Å². The van der Waals surface area contributed by atoms with Crippen molar-refractivity contribution >= 4 is 14.5 Å². The lowest BCUT2D eigenvalue weighted by Gasteiger charge is -2.35. The number of ether oxygens (including phenoxy) is 2. The van der Waals surface area contributed by atoms with E-state index in [-0.39, 0.29) is 11.6 Å². The maximum absolute atomic E-state index is 10.6. The first-order chi connectivity index (χ1) is 7.70. The van der Waals surface area contributed by atoms with Gasteiger partial charge in [0.1, 0.15) is 6.61 Å². The van der Waals surface area contributed by atoms with Crippen LogP contribution in [0.1, 0.15) is 20.8 Å². The van der Waals surface area contributed by atoms with Gasteiger partial charge in [-0.25, -0.2) is 4.79 Å². The van der Waals surface area contributed by atoms with Crippen LogP contribution in [-0.2, 0) is 13.9 Å². The predicted octanol–water partition coefficient (Wildman–Crippen LogP) is 3.35. The average Bonchev–Trinajstić information content (AvgIpc) is 2.21. The van der Waals surface area contributed by atoms with E-state index in [2.05, 4.69) is 38.6 Å². The summed E-state index contributed by atoms with van der Waals surface area (Å²) in [6.45, 7) is 11.8. The molecule has 0 aliphatic carbocycles. The Balaban J connectivity index is 3.84. The highest BCUT2D eigenvalue weighted by molar-refractivity contribution is 6.74. The molecule has 0 fully saturated rings. The minimum absolute atomic E-state index is 0.212. The molecule has 0 rings (SSSR count). The first-order valence-electron chi connectivity index (χ1n) is 5.70. The molecule has 0 aromatic carbocycles. The molecule has 0 aromatic heterocycles. The molecule has 0 unspecified atom stereocenters. The molecule has 0 saturated carbocycles. The second-order valence-electron chi connectivity index (χ2n) is 5.31. The van der Waals surface area contributed by atoms with Crippen LogP contribution in [0, 0.1) is 0 Å². The molecule has 0 N–H and O–H groups in total. The first kappa shape index (κ1) is 16.2. The standard InChI is InChI=1S/C12H24O4Si/c1-12(2,3)17(5,6)16-10-8-7-9-15-11(13)14-4/h7-8H,9-10H2,1-6H3/b8-7+. The predicted molar refractivity (Wildman–Crippen MR) is 70.6 cm³/mol. The fraction of sp³-hybridized carbons (Fsp3) is 0.750. The van der Waals surface area contributed by atoms with Crippen LogP contribution in [0.2, 0.25) is 18.1 Å². The third-order valence-corrected chi connectivity index (χ3v) is 7.48. The minimum Gasteiger partial charge on any atom is -0.438 e. The number of hydrogen-bond acceptors (Lipinski definition) is 4. The summed E-state index contributed by atoms with van der Waals surface area (Å²) in [6, 6.07) is 0. The molecule has 0 bridgehead atoms. The monoisotopic (exact) mass is 260 g/mol. The Hall–Kier alpha value is -0.813. The van der Waals surface area contributed by atoms with Crippen molar-refractivity contribution in [1.82, 2.24) is 0 Å². The molecule has 0 aliphatic rings. The van der Waals surface area contributed by atoms with E-state index in [0.29, 0.717) is 6.61 Å². The summed E-state index contributed by atoms with van der Waals surface area (Å²) in [5, 5.41) is 0.212. The Kier molecular flexibility index (Phi) is 6.48. The van der Waals surface area contributed by atoms with Crippen molar-refractivity contribution in [1.29, 1.82) is 0 Å². The molecule has 0 amide bonds. The fourth-order valence-corrected chi connectivity index (χ4v) is 1.73. The number of carbonyl (C=O) groups excluding carboxylic acids is 1. The number of hydrogen-bond donors (Lipinski definition) is 0. The summed E-state index contributed by atoms with van der Waals surface area (Å²) in [5.41, 5.74) is 0. The van der Waals surface area contributed by atoms with Crippen molar-refractivity contribution in [2.75, 3.05) is 20.3 Å². The first-order valence-corrected chi connectivity index (χ1v) is 8.61. The van der Waals surface area contributed by atoms with E-state index in [4.69, 9.17) is 9.16 Å². The van der Waals surface area contributed by atoms with E-state index in [9.17, 15) is 4.79 Å². The molecule has 5 heteroatoms. The Morgan fingerprint density at radius 1 is 1.18 bits per heavy atom. The second kappa shape index (κ2) is 6.81. The molecule has 0 heterocycles. The van der Waals surface area contributed by atoms with Crippen LogP contribution in [0.25, 0.3) is 0 Å². The maximum atomic E-state index is 10.6. The SMILES string of the molecule is COC(=O)OC/C=C/CO[Si](C)(C)C(C)(C)C. The van der Waals surface area contributed by atoms with Gasteiger partial charge in [-0.3, -0.25) is 0 Å². The van der Waals surface area contributed by atoms with Crippen molar-refractivity contribution < 1.29 is 18.7 Å². The molecule has 0 aliphatic heterocycles. The molecule has 0 aromatic rings. The van der Waals surface area contributed by atoms with Crippen molar-refractivity contribution in [3.63, 3.8) is 0 Å². The van der Waals surface area contributed by atoms with Crippen LogP contribution in [0.3, 0.4) is 0 Å². The minimum atomic E-state index is -1.68. The zero-order valence-corrected chi connectivity index (χ0v) is 12.7. The van der Waals surface area contributed by atoms with Crippen molar-refractivity contribution in [3.05, 3.63) is 12.2 Å². The third-order valence-electron chi connectivity index (χ3n) is 2.98. The quantitative estimate of drug-likeness (QED) is 0.432. The van der Waals surface area contributed by atoms with Gasteiger partial charge in [-0.15, -0.1) is 0 Å². The van der Waals surface area contributed by atoms with E-state index in [0.717, 1.165) is 0 Å². The second-order valence-corrected chi connectivity index (χ2v) is 10.1. The zero-order valence-electron chi connectivity index (χ0n) is 11.7. The molecular weight excluding hydrogens is 236 g/mol. The highest BCUT2D eigenvalue weighted by atomic mass is 28.4. The van der Waals surface area contributed by atoms with Crippen LogP contribution in [0.4, 0.5) is 4.79 Å². The topological polar surface area (TPSA) is 44.8 Å². The van der Waals surface area contributed by atoms with Gasteiger partial charge in [-0.05, 0) is 24.2 Å². The van der Waals surface area contributed by atoms with E-state index in [1.54, 1.807) is 6.08 Å². The highest BCUT2D eigenvalue weighted by Gasteiger charge is 2.36. The van der Waals surface area contributed by atoms with E-state index < -0.39 is 14.5 Å². The van der Waals surface area contributed by atoms with Crippen molar-refractivity contribution in [2.45, 2.75) is 38.9 Å². The number of carbonyl (C=O) groups is 1.